The molecule has 2 aliphatic rings. The summed E-state index contributed by atoms with van der Waals surface area (Å²) in [5.41, 5.74) is 2.68. The minimum Gasteiger partial charge on any atom is -0.342 e. The van der Waals surface area contributed by atoms with Crippen molar-refractivity contribution in [2.75, 3.05) is 24.7 Å². The average Bonchev–Trinajstić information content (AvgIpc) is 3.44. The summed E-state index contributed by atoms with van der Waals surface area (Å²) in [5, 5.41) is 0. The van der Waals surface area contributed by atoms with E-state index < -0.39 is 17.3 Å². The molecule has 0 aromatic heterocycles. The van der Waals surface area contributed by atoms with E-state index in [1.165, 1.54) is 6.07 Å². The minimum absolute atomic E-state index is 0.0786. The largest absolute Gasteiger partial charge is 0.416 e. The molecule has 4 aromatic carbocycles. The van der Waals surface area contributed by atoms with Crippen LogP contribution in [0.3, 0.4) is 0 Å². The first-order valence-electron chi connectivity index (χ1n) is 13.7. The molecule has 4 nitrogen and oxygen atoms in total. The number of halogens is 3. The number of carbonyl (C=O) groups is 1. The number of alkyl halides is 3. The summed E-state index contributed by atoms with van der Waals surface area (Å²) in [7, 11) is 0. The zero-order chi connectivity index (χ0) is 28.5. The second kappa shape index (κ2) is 10.8. The van der Waals surface area contributed by atoms with Crippen LogP contribution in [-0.2, 0) is 22.9 Å². The van der Waals surface area contributed by atoms with Crippen molar-refractivity contribution in [3.05, 3.63) is 149 Å². The molecular formula is C34H30F3N3O. The molecule has 2 aliphatic heterocycles. The Kier molecular flexibility index (Phi) is 7.03. The Morgan fingerprint density at radius 1 is 0.683 bits per heavy atom. The van der Waals surface area contributed by atoms with Gasteiger partial charge in [-0.15, -0.1) is 0 Å². The zero-order valence-electron chi connectivity index (χ0n) is 22.5. The monoisotopic (exact) mass is 553 g/mol. The minimum atomic E-state index is -4.50. The molecule has 0 spiro atoms. The molecule has 41 heavy (non-hydrogen) atoms. The number of carbonyl (C=O) groups excluding carboxylic acids is 1. The van der Waals surface area contributed by atoms with Gasteiger partial charge < -0.3 is 14.7 Å². The third-order valence-electron chi connectivity index (χ3n) is 8.00. The fourth-order valence-corrected chi connectivity index (χ4v) is 5.85. The Bertz CT molecular complexity index is 1440. The van der Waals surface area contributed by atoms with Crippen LogP contribution in [0, 0.1) is 0 Å². The van der Waals surface area contributed by atoms with Crippen LogP contribution in [0.4, 0.5) is 18.9 Å². The Labute approximate surface area is 237 Å². The molecule has 0 radical (unpaired) electrons. The third kappa shape index (κ3) is 4.97. The summed E-state index contributed by atoms with van der Waals surface area (Å²) in [6.07, 6.45) is 0.231. The summed E-state index contributed by atoms with van der Waals surface area (Å²) >= 11 is 0. The lowest BCUT2D eigenvalue weighted by Crippen LogP contribution is -2.46. The maximum Gasteiger partial charge on any atom is 0.416 e. The molecule has 2 heterocycles. The Balaban J connectivity index is 1.44. The van der Waals surface area contributed by atoms with Crippen LogP contribution in [0.5, 0.6) is 0 Å². The van der Waals surface area contributed by atoms with E-state index in [0.29, 0.717) is 31.0 Å². The van der Waals surface area contributed by atoms with Gasteiger partial charge in [0.25, 0.3) is 0 Å². The quantitative estimate of drug-likeness (QED) is 0.230. The number of hydrogen-bond acceptors (Lipinski definition) is 3. The SMILES string of the molecule is O=C(Cc1cc(C(F)(F)F)ccc1N1C=CN(C(c2ccccc2)(c2ccccc2)c2ccccc2)C1)N1CCC1. The van der Waals surface area contributed by atoms with Crippen molar-refractivity contribution in [1.82, 2.24) is 9.80 Å². The molecule has 0 unspecified atom stereocenters. The smallest absolute Gasteiger partial charge is 0.342 e. The Hall–Kier alpha value is -4.52. The molecule has 0 saturated carbocycles. The van der Waals surface area contributed by atoms with E-state index in [-0.39, 0.29) is 12.3 Å². The van der Waals surface area contributed by atoms with E-state index in [9.17, 15) is 18.0 Å². The first kappa shape index (κ1) is 26.7. The highest BCUT2D eigenvalue weighted by molar-refractivity contribution is 5.81. The maximum absolute atomic E-state index is 13.7. The van der Waals surface area contributed by atoms with Crippen LogP contribution in [0.25, 0.3) is 0 Å². The van der Waals surface area contributed by atoms with Gasteiger partial charge in [0.1, 0.15) is 5.54 Å². The van der Waals surface area contributed by atoms with Gasteiger partial charge in [0.05, 0.1) is 18.7 Å². The Morgan fingerprint density at radius 2 is 1.22 bits per heavy atom. The van der Waals surface area contributed by atoms with Gasteiger partial charge in [0.2, 0.25) is 5.91 Å². The van der Waals surface area contributed by atoms with Crippen molar-refractivity contribution in [3.63, 3.8) is 0 Å². The van der Waals surface area contributed by atoms with E-state index in [4.69, 9.17) is 0 Å². The second-order valence-electron chi connectivity index (χ2n) is 10.4. The van der Waals surface area contributed by atoms with Gasteiger partial charge >= 0.3 is 6.18 Å². The average molecular weight is 554 g/mol. The number of rotatable bonds is 7. The summed E-state index contributed by atoms with van der Waals surface area (Å²) in [4.78, 5) is 18.7. The fraction of sp³-hybridized carbons (Fsp3) is 0.206. The molecule has 1 fully saturated rings. The normalized spacial score (nSPS) is 15.2. The topological polar surface area (TPSA) is 26.8 Å². The summed E-state index contributed by atoms with van der Waals surface area (Å²) in [5.74, 6) is -0.149. The summed E-state index contributed by atoms with van der Waals surface area (Å²) in [6, 6.07) is 34.4. The van der Waals surface area contributed by atoms with Crippen LogP contribution in [0.1, 0.15) is 34.2 Å². The van der Waals surface area contributed by atoms with E-state index in [1.54, 1.807) is 4.90 Å². The molecule has 0 aliphatic carbocycles. The van der Waals surface area contributed by atoms with E-state index in [2.05, 4.69) is 41.3 Å². The summed E-state index contributed by atoms with van der Waals surface area (Å²) < 4.78 is 41.1. The molecule has 4 aromatic rings. The van der Waals surface area contributed by atoms with Crippen molar-refractivity contribution in [2.24, 2.45) is 0 Å². The van der Waals surface area contributed by atoms with Crippen molar-refractivity contribution < 1.29 is 18.0 Å². The van der Waals surface area contributed by atoms with Gasteiger partial charge in [-0.3, -0.25) is 4.79 Å². The van der Waals surface area contributed by atoms with Gasteiger partial charge in [0.15, 0.2) is 0 Å². The van der Waals surface area contributed by atoms with Gasteiger partial charge in [-0.1, -0.05) is 91.0 Å². The molecule has 7 heteroatoms. The van der Waals surface area contributed by atoms with E-state index in [1.807, 2.05) is 71.9 Å². The van der Waals surface area contributed by atoms with E-state index >= 15 is 0 Å². The van der Waals surface area contributed by atoms with Crippen LogP contribution in [0.15, 0.2) is 122 Å². The van der Waals surface area contributed by atoms with Crippen molar-refractivity contribution in [3.8, 4) is 0 Å². The van der Waals surface area contributed by atoms with Gasteiger partial charge in [-0.2, -0.15) is 13.2 Å². The van der Waals surface area contributed by atoms with E-state index in [0.717, 1.165) is 35.2 Å². The lowest BCUT2D eigenvalue weighted by Gasteiger charge is -2.44. The van der Waals surface area contributed by atoms with Gasteiger partial charge in [-0.05, 0) is 46.9 Å². The predicted octanol–water partition coefficient (Wildman–Crippen LogP) is 7.02. The molecule has 1 saturated heterocycles. The zero-order valence-corrected chi connectivity index (χ0v) is 22.5. The number of benzene rings is 4. The third-order valence-corrected chi connectivity index (χ3v) is 8.00. The van der Waals surface area contributed by atoms with Crippen LogP contribution in [-0.4, -0.2) is 35.5 Å². The first-order valence-corrected chi connectivity index (χ1v) is 13.7. The Morgan fingerprint density at radius 3 is 1.68 bits per heavy atom. The highest BCUT2D eigenvalue weighted by atomic mass is 19.4. The van der Waals surface area contributed by atoms with Crippen molar-refractivity contribution in [1.29, 1.82) is 0 Å². The number of likely N-dealkylation sites (tertiary alicyclic amines) is 1. The van der Waals surface area contributed by atoms with Crippen LogP contribution >= 0.6 is 0 Å². The van der Waals surface area contributed by atoms with Gasteiger partial charge in [-0.25, -0.2) is 0 Å². The molecule has 0 bridgehead atoms. The second-order valence-corrected chi connectivity index (χ2v) is 10.4. The van der Waals surface area contributed by atoms with Crippen molar-refractivity contribution in [2.45, 2.75) is 24.6 Å². The predicted molar refractivity (Wildman–Crippen MR) is 154 cm³/mol. The number of anilines is 1. The molecule has 0 atom stereocenters. The fourth-order valence-electron chi connectivity index (χ4n) is 5.85. The molecule has 0 N–H and O–H groups in total. The van der Waals surface area contributed by atoms with Crippen LogP contribution in [0.2, 0.25) is 0 Å². The number of amides is 1. The first-order chi connectivity index (χ1) is 19.9. The number of hydrogen-bond donors (Lipinski definition) is 0. The van der Waals surface area contributed by atoms with Crippen molar-refractivity contribution >= 4 is 11.6 Å². The lowest BCUT2D eigenvalue weighted by molar-refractivity contribution is -0.138. The summed E-state index contributed by atoms with van der Waals surface area (Å²) in [6.45, 7) is 1.67. The van der Waals surface area contributed by atoms with Crippen LogP contribution < -0.4 is 4.90 Å². The molecular weight excluding hydrogens is 523 g/mol. The standard InChI is InChI=1S/C34H30F3N3O/c35-34(36,37)30-17-18-31(26(23-30)24-32(41)38-19-10-20-38)39-21-22-40(25-39)33(27-11-4-1-5-12-27,28-13-6-2-7-14-28)29-15-8-3-9-16-29/h1-9,11-18,21-23H,10,19-20,24-25H2. The lowest BCUT2D eigenvalue weighted by atomic mass is 9.76. The van der Waals surface area contributed by atoms with Gasteiger partial charge in [0, 0.05) is 31.2 Å². The maximum atomic E-state index is 13.7. The number of nitrogens with zero attached hydrogens (tertiary/aromatic N) is 3. The molecule has 6 rings (SSSR count). The highest BCUT2D eigenvalue weighted by Gasteiger charge is 2.43. The molecule has 1 amide bonds. The molecule has 208 valence electrons. The highest BCUT2D eigenvalue weighted by Crippen LogP contribution is 2.45.